The van der Waals surface area contributed by atoms with Crippen LogP contribution in [0.25, 0.3) is 0 Å². The Balaban J connectivity index is 1.87. The Morgan fingerprint density at radius 1 is 1.30 bits per heavy atom. The molecule has 0 N–H and O–H groups in total. The number of piperidine rings is 1. The van der Waals surface area contributed by atoms with Gasteiger partial charge >= 0.3 is 0 Å². The van der Waals surface area contributed by atoms with Gasteiger partial charge in [0, 0.05) is 12.6 Å². The van der Waals surface area contributed by atoms with Gasteiger partial charge in [0.2, 0.25) is 0 Å². The second kappa shape index (κ2) is 7.30. The lowest BCUT2D eigenvalue weighted by molar-refractivity contribution is 0.144. The van der Waals surface area contributed by atoms with Crippen LogP contribution >= 0.6 is 11.6 Å². The molecule has 0 radical (unpaired) electrons. The van der Waals surface area contributed by atoms with Gasteiger partial charge in [-0.2, -0.15) is 0 Å². The van der Waals surface area contributed by atoms with Crippen LogP contribution in [-0.4, -0.2) is 56.7 Å². The highest BCUT2D eigenvalue weighted by Crippen LogP contribution is 2.25. The van der Waals surface area contributed by atoms with E-state index in [9.17, 15) is 0 Å². The fraction of sp³-hybridized carbons (Fsp3) is 0.625. The molecule has 0 aliphatic carbocycles. The summed E-state index contributed by atoms with van der Waals surface area (Å²) in [6.07, 6.45) is 2.47. The fourth-order valence-electron chi connectivity index (χ4n) is 2.76. The van der Waals surface area contributed by atoms with Crippen LogP contribution in [0.1, 0.15) is 23.8 Å². The van der Waals surface area contributed by atoms with E-state index in [1.54, 1.807) is 7.11 Å². The third kappa shape index (κ3) is 4.11. The van der Waals surface area contributed by atoms with Gasteiger partial charge in [-0.05, 0) is 57.7 Å². The van der Waals surface area contributed by atoms with Crippen LogP contribution in [0.4, 0.5) is 0 Å². The van der Waals surface area contributed by atoms with Crippen LogP contribution < -0.4 is 4.74 Å². The van der Waals surface area contributed by atoms with Crippen molar-refractivity contribution in [2.45, 2.75) is 24.3 Å². The maximum absolute atomic E-state index is 6.55. The quantitative estimate of drug-likeness (QED) is 0.777. The van der Waals surface area contributed by atoms with Crippen molar-refractivity contribution < 1.29 is 4.74 Å². The molecule has 1 atom stereocenters. The molecule has 112 valence electrons. The molecule has 4 heteroatoms. The molecule has 0 bridgehead atoms. The molecule has 2 rings (SSSR count). The number of halogens is 1. The number of methoxy groups -OCH3 is 1. The summed E-state index contributed by atoms with van der Waals surface area (Å²) in [4.78, 5) is 4.81. The molecule has 0 saturated carbocycles. The van der Waals surface area contributed by atoms with Crippen molar-refractivity contribution in [2.24, 2.45) is 0 Å². The van der Waals surface area contributed by atoms with E-state index < -0.39 is 0 Å². The number of hydrogen-bond donors (Lipinski definition) is 0. The number of hydrogen-bond acceptors (Lipinski definition) is 3. The van der Waals surface area contributed by atoms with E-state index in [1.807, 2.05) is 12.1 Å². The Morgan fingerprint density at radius 3 is 2.45 bits per heavy atom. The predicted octanol–water partition coefficient (Wildman–Crippen LogP) is 3.00. The zero-order valence-corrected chi connectivity index (χ0v) is 13.4. The molecule has 1 unspecified atom stereocenters. The highest BCUT2D eigenvalue weighted by Gasteiger charge is 2.22. The second-order valence-electron chi connectivity index (χ2n) is 5.71. The lowest BCUT2D eigenvalue weighted by atomic mass is 10.0. The molecule has 1 saturated heterocycles. The molecule has 1 aliphatic rings. The summed E-state index contributed by atoms with van der Waals surface area (Å²) in [6, 6.07) is 8.71. The van der Waals surface area contributed by atoms with Crippen molar-refractivity contribution in [1.82, 2.24) is 9.80 Å². The first kappa shape index (κ1) is 15.6. The Morgan fingerprint density at radius 2 is 1.90 bits per heavy atom. The predicted molar refractivity (Wildman–Crippen MR) is 84.7 cm³/mol. The maximum atomic E-state index is 6.55. The standard InChI is InChI=1S/C16H25ClN2O/c1-18-10-8-14(9-11-18)19(2)12-16(17)13-4-6-15(20-3)7-5-13/h4-7,14,16H,8-12H2,1-3H3. The van der Waals surface area contributed by atoms with Crippen molar-refractivity contribution >= 4 is 11.6 Å². The monoisotopic (exact) mass is 296 g/mol. The maximum Gasteiger partial charge on any atom is 0.118 e. The highest BCUT2D eigenvalue weighted by molar-refractivity contribution is 6.21. The van der Waals surface area contributed by atoms with Crippen molar-refractivity contribution in [1.29, 1.82) is 0 Å². The highest BCUT2D eigenvalue weighted by atomic mass is 35.5. The van der Waals surface area contributed by atoms with Crippen LogP contribution in [0.15, 0.2) is 24.3 Å². The lowest BCUT2D eigenvalue weighted by Gasteiger charge is -2.36. The van der Waals surface area contributed by atoms with Crippen molar-refractivity contribution in [3.63, 3.8) is 0 Å². The number of alkyl halides is 1. The van der Waals surface area contributed by atoms with E-state index in [0.717, 1.165) is 17.9 Å². The average Bonchev–Trinajstić information content (AvgIpc) is 2.48. The Hall–Kier alpha value is -0.770. The minimum atomic E-state index is 0.0329. The molecule has 0 spiro atoms. The molecule has 1 aromatic rings. The lowest BCUT2D eigenvalue weighted by Crippen LogP contribution is -2.42. The number of nitrogens with zero attached hydrogens (tertiary/aromatic N) is 2. The normalized spacial score (nSPS) is 19.2. The van der Waals surface area contributed by atoms with Gasteiger partial charge in [-0.25, -0.2) is 0 Å². The van der Waals surface area contributed by atoms with Gasteiger partial charge in [-0.15, -0.1) is 11.6 Å². The molecular weight excluding hydrogens is 272 g/mol. The van der Waals surface area contributed by atoms with Crippen molar-refractivity contribution in [3.8, 4) is 5.75 Å². The number of ether oxygens (including phenoxy) is 1. The van der Waals surface area contributed by atoms with Crippen LogP contribution in [0.2, 0.25) is 0 Å². The van der Waals surface area contributed by atoms with Crippen molar-refractivity contribution in [2.75, 3.05) is 40.8 Å². The third-order valence-corrected chi connectivity index (χ3v) is 4.63. The summed E-state index contributed by atoms with van der Waals surface area (Å²) < 4.78 is 5.18. The Bertz CT molecular complexity index is 401. The molecule has 0 aromatic heterocycles. The summed E-state index contributed by atoms with van der Waals surface area (Å²) in [6.45, 7) is 3.26. The fourth-order valence-corrected chi connectivity index (χ4v) is 3.12. The Kier molecular flexibility index (Phi) is 5.70. The SMILES string of the molecule is COc1ccc(C(Cl)CN(C)C2CCN(C)CC2)cc1. The summed E-state index contributed by atoms with van der Waals surface area (Å²) in [5.74, 6) is 0.876. The van der Waals surface area contributed by atoms with E-state index >= 15 is 0 Å². The molecule has 0 amide bonds. The summed E-state index contributed by atoms with van der Waals surface area (Å²) >= 11 is 6.55. The molecule has 1 fully saturated rings. The van der Waals surface area contributed by atoms with Crippen LogP contribution in [0.3, 0.4) is 0 Å². The average molecular weight is 297 g/mol. The van der Waals surface area contributed by atoms with Crippen LogP contribution in [-0.2, 0) is 0 Å². The zero-order valence-electron chi connectivity index (χ0n) is 12.7. The molecule has 1 heterocycles. The van der Waals surface area contributed by atoms with Crippen molar-refractivity contribution in [3.05, 3.63) is 29.8 Å². The smallest absolute Gasteiger partial charge is 0.118 e. The minimum absolute atomic E-state index is 0.0329. The van der Waals surface area contributed by atoms with Gasteiger partial charge in [0.25, 0.3) is 0 Å². The molecule has 1 aliphatic heterocycles. The largest absolute Gasteiger partial charge is 0.497 e. The van der Waals surface area contributed by atoms with Gasteiger partial charge < -0.3 is 14.5 Å². The molecule has 20 heavy (non-hydrogen) atoms. The number of likely N-dealkylation sites (tertiary alicyclic amines) is 1. The van der Waals surface area contributed by atoms with Crippen LogP contribution in [0.5, 0.6) is 5.75 Å². The molecule has 3 nitrogen and oxygen atoms in total. The first-order valence-electron chi connectivity index (χ1n) is 7.27. The van der Waals surface area contributed by atoms with E-state index in [-0.39, 0.29) is 5.38 Å². The first-order valence-corrected chi connectivity index (χ1v) is 7.70. The zero-order chi connectivity index (χ0) is 14.5. The van der Waals surface area contributed by atoms with Gasteiger partial charge in [0.1, 0.15) is 5.75 Å². The van der Waals surface area contributed by atoms with Gasteiger partial charge in [-0.3, -0.25) is 0 Å². The topological polar surface area (TPSA) is 15.7 Å². The Labute approximate surface area is 127 Å². The summed E-state index contributed by atoms with van der Waals surface area (Å²) in [7, 11) is 6.06. The van der Waals surface area contributed by atoms with Gasteiger partial charge in [-0.1, -0.05) is 12.1 Å². The number of benzene rings is 1. The van der Waals surface area contributed by atoms with Crippen LogP contribution in [0, 0.1) is 0 Å². The number of rotatable bonds is 5. The first-order chi connectivity index (χ1) is 9.60. The molecular formula is C16H25ClN2O. The van der Waals surface area contributed by atoms with Gasteiger partial charge in [0.05, 0.1) is 12.5 Å². The van der Waals surface area contributed by atoms with E-state index in [1.165, 1.54) is 25.9 Å². The third-order valence-electron chi connectivity index (χ3n) is 4.24. The van der Waals surface area contributed by atoms with E-state index in [4.69, 9.17) is 16.3 Å². The second-order valence-corrected chi connectivity index (χ2v) is 6.24. The van der Waals surface area contributed by atoms with E-state index in [0.29, 0.717) is 6.04 Å². The minimum Gasteiger partial charge on any atom is -0.497 e. The molecule has 1 aromatic carbocycles. The summed E-state index contributed by atoms with van der Waals surface area (Å²) in [5, 5.41) is 0.0329. The summed E-state index contributed by atoms with van der Waals surface area (Å²) in [5.41, 5.74) is 1.16. The van der Waals surface area contributed by atoms with E-state index in [2.05, 4.69) is 36.0 Å². The van der Waals surface area contributed by atoms with Gasteiger partial charge in [0.15, 0.2) is 0 Å². The number of likely N-dealkylation sites (N-methyl/N-ethyl adjacent to an activating group) is 1.